The van der Waals surface area contributed by atoms with Crippen molar-refractivity contribution in [3.63, 3.8) is 0 Å². The Labute approximate surface area is 135 Å². The Balaban J connectivity index is 1.72. The van der Waals surface area contributed by atoms with E-state index >= 15 is 0 Å². The van der Waals surface area contributed by atoms with Crippen molar-refractivity contribution >= 4 is 6.03 Å². The second-order valence-electron chi connectivity index (χ2n) is 6.91. The van der Waals surface area contributed by atoms with Crippen LogP contribution in [0, 0.1) is 17.0 Å². The number of urea groups is 1. The highest BCUT2D eigenvalue weighted by atomic mass is 19.1. The highest BCUT2D eigenvalue weighted by molar-refractivity contribution is 5.74. The molecular formula is C17H24F2N2O2. The van der Waals surface area contributed by atoms with E-state index in [0.29, 0.717) is 13.0 Å². The molecule has 1 aromatic carbocycles. The lowest BCUT2D eigenvalue weighted by Gasteiger charge is -2.21. The molecular weight excluding hydrogens is 302 g/mol. The molecule has 1 aliphatic carbocycles. The van der Waals surface area contributed by atoms with Gasteiger partial charge in [0.05, 0.1) is 0 Å². The van der Waals surface area contributed by atoms with Gasteiger partial charge < -0.3 is 15.7 Å². The summed E-state index contributed by atoms with van der Waals surface area (Å²) in [4.78, 5) is 11.8. The lowest BCUT2D eigenvalue weighted by molar-refractivity contribution is 0.148. The highest BCUT2D eigenvalue weighted by Gasteiger charge is 2.42. The third-order valence-corrected chi connectivity index (χ3v) is 4.22. The molecule has 0 spiro atoms. The van der Waals surface area contributed by atoms with Crippen LogP contribution in [0.1, 0.15) is 44.6 Å². The molecule has 0 bridgehead atoms. The van der Waals surface area contributed by atoms with Crippen LogP contribution in [0.25, 0.3) is 0 Å². The van der Waals surface area contributed by atoms with Crippen molar-refractivity contribution in [2.24, 2.45) is 5.41 Å². The molecule has 4 nitrogen and oxygen atoms in total. The van der Waals surface area contributed by atoms with E-state index in [2.05, 4.69) is 10.6 Å². The Hall–Kier alpha value is -1.69. The van der Waals surface area contributed by atoms with E-state index in [1.165, 1.54) is 18.2 Å². The zero-order valence-corrected chi connectivity index (χ0v) is 13.5. The molecule has 23 heavy (non-hydrogen) atoms. The maximum absolute atomic E-state index is 13.7. The fourth-order valence-electron chi connectivity index (χ4n) is 2.61. The van der Waals surface area contributed by atoms with Crippen LogP contribution < -0.4 is 10.6 Å². The topological polar surface area (TPSA) is 61.4 Å². The van der Waals surface area contributed by atoms with Crippen molar-refractivity contribution in [2.45, 2.75) is 45.1 Å². The number of aliphatic hydroxyl groups is 1. The van der Waals surface area contributed by atoms with Gasteiger partial charge in [-0.3, -0.25) is 0 Å². The number of benzene rings is 1. The zero-order chi connectivity index (χ0) is 17.0. The molecule has 1 aromatic rings. The number of rotatable bonds is 7. The highest BCUT2D eigenvalue weighted by Crippen LogP contribution is 2.42. The first kappa shape index (κ1) is 17.7. The molecule has 2 amide bonds. The smallest absolute Gasteiger partial charge is 0.315 e. The predicted molar refractivity (Wildman–Crippen MR) is 84.1 cm³/mol. The maximum Gasteiger partial charge on any atom is 0.315 e. The Bertz CT molecular complexity index is 543. The second-order valence-corrected chi connectivity index (χ2v) is 6.91. The van der Waals surface area contributed by atoms with E-state index in [1.807, 2.05) is 13.8 Å². The van der Waals surface area contributed by atoms with Gasteiger partial charge in [0.25, 0.3) is 0 Å². The first-order valence-corrected chi connectivity index (χ1v) is 7.93. The second kappa shape index (κ2) is 7.25. The predicted octanol–water partition coefficient (Wildman–Crippen LogP) is 2.92. The number of aliphatic hydroxyl groups excluding tert-OH is 1. The molecule has 2 atom stereocenters. The molecule has 6 heteroatoms. The average molecular weight is 326 g/mol. The van der Waals surface area contributed by atoms with E-state index in [4.69, 9.17) is 5.11 Å². The van der Waals surface area contributed by atoms with Gasteiger partial charge in [-0.1, -0.05) is 19.9 Å². The molecule has 1 aliphatic rings. The summed E-state index contributed by atoms with van der Waals surface area (Å²) in [5.41, 5.74) is -0.0928. The number of carbonyl (C=O) groups is 1. The van der Waals surface area contributed by atoms with Crippen LogP contribution in [0.4, 0.5) is 13.6 Å². The minimum atomic E-state index is -0.564. The molecule has 1 saturated carbocycles. The van der Waals surface area contributed by atoms with Gasteiger partial charge in [0.15, 0.2) is 0 Å². The Morgan fingerprint density at radius 3 is 2.61 bits per heavy atom. The van der Waals surface area contributed by atoms with Crippen molar-refractivity contribution in [1.29, 1.82) is 0 Å². The minimum Gasteiger partial charge on any atom is -0.396 e. The number of amides is 2. The van der Waals surface area contributed by atoms with E-state index in [1.54, 1.807) is 0 Å². The molecule has 0 saturated heterocycles. The Morgan fingerprint density at radius 1 is 1.35 bits per heavy atom. The maximum atomic E-state index is 13.7. The monoisotopic (exact) mass is 326 g/mol. The van der Waals surface area contributed by atoms with E-state index < -0.39 is 11.6 Å². The van der Waals surface area contributed by atoms with Gasteiger partial charge in [-0.25, -0.2) is 13.6 Å². The van der Waals surface area contributed by atoms with Crippen LogP contribution in [0.3, 0.4) is 0 Å². The van der Waals surface area contributed by atoms with Crippen LogP contribution in [0.15, 0.2) is 18.2 Å². The third kappa shape index (κ3) is 4.89. The van der Waals surface area contributed by atoms with E-state index in [9.17, 15) is 13.6 Å². The number of hydrogen-bond acceptors (Lipinski definition) is 2. The van der Waals surface area contributed by atoms with Gasteiger partial charge in [0.2, 0.25) is 0 Å². The van der Waals surface area contributed by atoms with Crippen molar-refractivity contribution in [3.8, 4) is 0 Å². The zero-order valence-electron chi connectivity index (χ0n) is 13.5. The summed E-state index contributed by atoms with van der Waals surface area (Å²) in [6, 6.07) is 3.25. The molecule has 2 rings (SSSR count). The normalized spacial score (nSPS) is 20.2. The quantitative estimate of drug-likeness (QED) is 0.675. The molecule has 2 unspecified atom stereocenters. The van der Waals surface area contributed by atoms with E-state index in [0.717, 1.165) is 12.8 Å². The summed E-state index contributed by atoms with van der Waals surface area (Å²) in [5, 5.41) is 14.6. The van der Waals surface area contributed by atoms with Crippen molar-refractivity contribution in [3.05, 3.63) is 35.4 Å². The summed E-state index contributed by atoms with van der Waals surface area (Å²) >= 11 is 0. The Kier molecular flexibility index (Phi) is 5.57. The lowest BCUT2D eigenvalue weighted by Crippen LogP contribution is -2.38. The van der Waals surface area contributed by atoms with Crippen LogP contribution in [-0.2, 0) is 0 Å². The van der Waals surface area contributed by atoms with Gasteiger partial charge in [-0.2, -0.15) is 0 Å². The summed E-state index contributed by atoms with van der Waals surface area (Å²) in [7, 11) is 0. The fourth-order valence-corrected chi connectivity index (χ4v) is 2.61. The number of nitrogens with one attached hydrogen (secondary N) is 2. The molecule has 3 N–H and O–H groups in total. The molecule has 0 aromatic heterocycles. The lowest BCUT2D eigenvalue weighted by atomic mass is 9.89. The van der Waals surface area contributed by atoms with Crippen molar-refractivity contribution in [1.82, 2.24) is 10.6 Å². The van der Waals surface area contributed by atoms with E-state index in [-0.39, 0.29) is 35.6 Å². The van der Waals surface area contributed by atoms with Gasteiger partial charge in [-0.15, -0.1) is 0 Å². The molecule has 0 radical (unpaired) electrons. The number of hydrogen-bond donors (Lipinski definition) is 3. The third-order valence-electron chi connectivity index (χ3n) is 4.22. The van der Waals surface area contributed by atoms with Gasteiger partial charge >= 0.3 is 6.03 Å². The number of carbonyl (C=O) groups excluding carboxylic acids is 1. The summed E-state index contributed by atoms with van der Waals surface area (Å²) in [6.07, 6.45) is 2.11. The van der Waals surface area contributed by atoms with Crippen LogP contribution in [0.2, 0.25) is 0 Å². The first-order valence-electron chi connectivity index (χ1n) is 7.93. The summed E-state index contributed by atoms with van der Waals surface area (Å²) in [6.45, 7) is 4.54. The molecule has 0 heterocycles. The van der Waals surface area contributed by atoms with Crippen LogP contribution >= 0.6 is 0 Å². The summed E-state index contributed by atoms with van der Waals surface area (Å²) < 4.78 is 27.3. The fraction of sp³-hybridized carbons (Fsp3) is 0.588. The van der Waals surface area contributed by atoms with Crippen LogP contribution in [-0.4, -0.2) is 30.3 Å². The SMILES string of the molecule is CC(C)(CO)CCCNC(=O)NC1CC1c1c(F)cccc1F. The van der Waals surface area contributed by atoms with Gasteiger partial charge in [0.1, 0.15) is 11.6 Å². The van der Waals surface area contributed by atoms with Gasteiger partial charge in [-0.05, 0) is 36.8 Å². The molecule has 128 valence electrons. The van der Waals surface area contributed by atoms with Gasteiger partial charge in [0, 0.05) is 30.7 Å². The first-order chi connectivity index (χ1) is 10.8. The standard InChI is InChI=1S/C17H24F2N2O2/c1-17(2,10-22)7-4-8-20-16(23)21-14-9-11(14)15-12(18)5-3-6-13(15)19/h3,5-6,11,14,22H,4,7-10H2,1-2H3,(H2,20,21,23). The van der Waals surface area contributed by atoms with Crippen molar-refractivity contribution in [2.75, 3.05) is 13.2 Å². The molecule has 0 aliphatic heterocycles. The largest absolute Gasteiger partial charge is 0.396 e. The summed E-state index contributed by atoms with van der Waals surface area (Å²) in [5.74, 6) is -1.42. The van der Waals surface area contributed by atoms with Crippen LogP contribution in [0.5, 0.6) is 0 Å². The Morgan fingerprint density at radius 2 is 2.00 bits per heavy atom. The minimum absolute atomic E-state index is 0.0579. The molecule has 1 fully saturated rings. The van der Waals surface area contributed by atoms with Crippen molar-refractivity contribution < 1.29 is 18.7 Å². The number of halogens is 2. The average Bonchev–Trinajstić information content (AvgIpc) is 3.22.